The number of esters is 1. The molecule has 0 fully saturated rings. The fraction of sp³-hybridized carbons (Fsp3) is 0.222. The Morgan fingerprint density at radius 2 is 1.69 bits per heavy atom. The van der Waals surface area contributed by atoms with E-state index in [1.54, 1.807) is 12.1 Å². The van der Waals surface area contributed by atoms with Crippen molar-refractivity contribution in [1.29, 1.82) is 0 Å². The van der Waals surface area contributed by atoms with Crippen molar-refractivity contribution in [3.05, 3.63) is 64.2 Å². The molecule has 8 heteroatoms. The summed E-state index contributed by atoms with van der Waals surface area (Å²) >= 11 is 5.87. The van der Waals surface area contributed by atoms with E-state index >= 15 is 0 Å². The first-order chi connectivity index (χ1) is 12.3. The van der Waals surface area contributed by atoms with Crippen molar-refractivity contribution < 1.29 is 22.7 Å². The van der Waals surface area contributed by atoms with Gasteiger partial charge in [0.1, 0.15) is 4.90 Å². The first kappa shape index (κ1) is 20.1. The van der Waals surface area contributed by atoms with Gasteiger partial charge >= 0.3 is 5.97 Å². The lowest BCUT2D eigenvalue weighted by Crippen LogP contribution is -2.20. The van der Waals surface area contributed by atoms with Crippen LogP contribution >= 0.6 is 11.6 Å². The molecule has 26 heavy (non-hydrogen) atoms. The highest BCUT2D eigenvalue weighted by Crippen LogP contribution is 2.22. The number of Topliss-reactive ketones (excluding diaryl/α,β-unsaturated/α-hetero) is 1. The smallest absolute Gasteiger partial charge is 0.338 e. The fourth-order valence-corrected chi connectivity index (χ4v) is 3.42. The molecular weight excluding hydrogens is 378 g/mol. The molecule has 1 N–H and O–H groups in total. The number of hydrogen-bond donors (Lipinski definition) is 1. The Labute approximate surface area is 157 Å². The number of halogens is 1. The number of benzene rings is 2. The molecule has 0 heterocycles. The quantitative estimate of drug-likeness (QED) is 0.575. The molecule has 0 unspecified atom stereocenters. The van der Waals surface area contributed by atoms with E-state index in [1.165, 1.54) is 19.2 Å². The van der Waals surface area contributed by atoms with Crippen molar-refractivity contribution in [3.8, 4) is 0 Å². The van der Waals surface area contributed by atoms with E-state index < -0.39 is 22.6 Å². The molecule has 0 spiro atoms. The Morgan fingerprint density at radius 3 is 2.27 bits per heavy atom. The van der Waals surface area contributed by atoms with E-state index in [0.29, 0.717) is 5.56 Å². The lowest BCUT2D eigenvalue weighted by atomic mass is 10.1. The van der Waals surface area contributed by atoms with Gasteiger partial charge in [0, 0.05) is 5.56 Å². The maximum absolute atomic E-state index is 12.1. The number of hydrogen-bond acceptors (Lipinski definition) is 5. The van der Waals surface area contributed by atoms with Crippen LogP contribution in [0, 0.1) is 0 Å². The zero-order valence-corrected chi connectivity index (χ0v) is 15.9. The average Bonchev–Trinajstić information content (AvgIpc) is 2.66. The molecule has 0 radical (unpaired) electrons. The molecule has 2 aromatic rings. The van der Waals surface area contributed by atoms with Gasteiger partial charge in [-0.3, -0.25) is 4.79 Å². The summed E-state index contributed by atoms with van der Waals surface area (Å²) in [7, 11) is -2.59. The van der Waals surface area contributed by atoms with Crippen LogP contribution in [0.3, 0.4) is 0 Å². The number of ether oxygens (including phenoxy) is 1. The van der Waals surface area contributed by atoms with E-state index in [-0.39, 0.29) is 21.3 Å². The van der Waals surface area contributed by atoms with Crippen LogP contribution in [0.2, 0.25) is 5.02 Å². The van der Waals surface area contributed by atoms with Gasteiger partial charge in [-0.2, -0.15) is 0 Å². The van der Waals surface area contributed by atoms with Gasteiger partial charge in [-0.25, -0.2) is 17.9 Å². The highest BCUT2D eigenvalue weighted by atomic mass is 35.5. The second kappa shape index (κ2) is 8.44. The number of carbonyl (C=O) groups excluding carboxylic acids is 2. The van der Waals surface area contributed by atoms with Crippen LogP contribution in [0.1, 0.15) is 33.2 Å². The fourth-order valence-electron chi connectivity index (χ4n) is 2.17. The van der Waals surface area contributed by atoms with Crippen LogP contribution in [-0.2, 0) is 21.2 Å². The zero-order valence-electron chi connectivity index (χ0n) is 14.3. The molecule has 0 atom stereocenters. The highest BCUT2D eigenvalue weighted by Gasteiger charge is 2.19. The van der Waals surface area contributed by atoms with Crippen LogP contribution in [0.25, 0.3) is 0 Å². The van der Waals surface area contributed by atoms with Gasteiger partial charge in [0.25, 0.3) is 0 Å². The summed E-state index contributed by atoms with van der Waals surface area (Å²) < 4.78 is 30.9. The number of aryl methyl sites for hydroxylation is 1. The third-order valence-electron chi connectivity index (χ3n) is 3.74. The lowest BCUT2D eigenvalue weighted by molar-refractivity contribution is 0.0474. The summed E-state index contributed by atoms with van der Waals surface area (Å²) in [5, 5.41) is -0.0250. The second-order valence-corrected chi connectivity index (χ2v) is 7.66. The van der Waals surface area contributed by atoms with Crippen molar-refractivity contribution in [2.75, 3.05) is 13.7 Å². The maximum atomic E-state index is 12.1. The molecule has 0 aliphatic rings. The minimum absolute atomic E-state index is 0.0163. The number of carbonyl (C=O) groups is 2. The van der Waals surface area contributed by atoms with Crippen LogP contribution in [0.4, 0.5) is 0 Å². The average molecular weight is 396 g/mol. The van der Waals surface area contributed by atoms with Crippen molar-refractivity contribution in [2.45, 2.75) is 18.2 Å². The SMILES string of the molecule is CCc1ccc(C(=O)COC(=O)c2ccc(Cl)c(S(=O)(=O)NC)c2)cc1. The number of rotatable bonds is 7. The predicted molar refractivity (Wildman–Crippen MR) is 98.1 cm³/mol. The van der Waals surface area contributed by atoms with Crippen molar-refractivity contribution in [1.82, 2.24) is 4.72 Å². The Bertz CT molecular complexity index is 923. The third kappa shape index (κ3) is 4.69. The largest absolute Gasteiger partial charge is 0.454 e. The number of nitrogens with one attached hydrogen (secondary N) is 1. The van der Waals surface area contributed by atoms with Gasteiger partial charge in [-0.1, -0.05) is 42.8 Å². The van der Waals surface area contributed by atoms with Crippen LogP contribution in [0.15, 0.2) is 47.4 Å². The van der Waals surface area contributed by atoms with Crippen molar-refractivity contribution >= 4 is 33.4 Å². The molecule has 2 rings (SSSR count). The van der Waals surface area contributed by atoms with E-state index in [0.717, 1.165) is 18.1 Å². The minimum atomic E-state index is -3.82. The normalized spacial score (nSPS) is 11.2. The maximum Gasteiger partial charge on any atom is 0.338 e. The first-order valence-electron chi connectivity index (χ1n) is 7.81. The summed E-state index contributed by atoms with van der Waals surface area (Å²) in [5.74, 6) is -1.16. The van der Waals surface area contributed by atoms with E-state index in [4.69, 9.17) is 16.3 Å². The third-order valence-corrected chi connectivity index (χ3v) is 5.64. The predicted octanol–water partition coefficient (Wildman–Crippen LogP) is 2.85. The molecule has 0 saturated heterocycles. The van der Waals surface area contributed by atoms with Gasteiger partial charge in [0.15, 0.2) is 12.4 Å². The summed E-state index contributed by atoms with van der Waals surface area (Å²) in [5.41, 5.74) is 1.51. The van der Waals surface area contributed by atoms with Crippen LogP contribution in [0.5, 0.6) is 0 Å². The molecule has 0 aliphatic heterocycles. The van der Waals surface area contributed by atoms with E-state index in [2.05, 4.69) is 4.72 Å². The molecule has 0 amide bonds. The minimum Gasteiger partial charge on any atom is -0.454 e. The van der Waals surface area contributed by atoms with E-state index in [1.807, 2.05) is 19.1 Å². The Hall–Kier alpha value is -2.22. The molecule has 0 bridgehead atoms. The summed E-state index contributed by atoms with van der Waals surface area (Å²) in [6.45, 7) is 1.56. The Balaban J connectivity index is 2.10. The monoisotopic (exact) mass is 395 g/mol. The second-order valence-electron chi connectivity index (χ2n) is 5.40. The topological polar surface area (TPSA) is 89.5 Å². The van der Waals surface area contributed by atoms with Crippen molar-refractivity contribution in [3.63, 3.8) is 0 Å². The Morgan fingerprint density at radius 1 is 1.08 bits per heavy atom. The molecule has 2 aromatic carbocycles. The molecular formula is C18H18ClNO5S. The lowest BCUT2D eigenvalue weighted by Gasteiger charge is -2.08. The molecule has 138 valence electrons. The van der Waals surface area contributed by atoms with Gasteiger partial charge < -0.3 is 4.74 Å². The summed E-state index contributed by atoms with van der Waals surface area (Å²) in [4.78, 5) is 24.0. The zero-order chi connectivity index (χ0) is 19.3. The molecule has 0 aromatic heterocycles. The standard InChI is InChI=1S/C18H18ClNO5S/c1-3-12-4-6-13(7-5-12)16(21)11-25-18(22)14-8-9-15(19)17(10-14)26(23,24)20-2/h4-10,20H,3,11H2,1-2H3. The Kier molecular flexibility index (Phi) is 6.52. The number of sulfonamides is 1. The highest BCUT2D eigenvalue weighted by molar-refractivity contribution is 7.89. The summed E-state index contributed by atoms with van der Waals surface area (Å²) in [6, 6.07) is 10.8. The van der Waals surface area contributed by atoms with Crippen LogP contribution < -0.4 is 4.72 Å². The van der Waals surface area contributed by atoms with Gasteiger partial charge in [0.2, 0.25) is 10.0 Å². The van der Waals surface area contributed by atoms with Gasteiger partial charge in [-0.05, 0) is 37.2 Å². The summed E-state index contributed by atoms with van der Waals surface area (Å²) in [6.07, 6.45) is 0.859. The molecule has 6 nitrogen and oxygen atoms in total. The molecule has 0 saturated carbocycles. The van der Waals surface area contributed by atoms with Crippen molar-refractivity contribution in [2.24, 2.45) is 0 Å². The number of ketones is 1. The van der Waals surface area contributed by atoms with E-state index in [9.17, 15) is 18.0 Å². The molecule has 0 aliphatic carbocycles. The first-order valence-corrected chi connectivity index (χ1v) is 9.67. The van der Waals surface area contributed by atoms with Gasteiger partial charge in [-0.15, -0.1) is 0 Å². The van der Waals surface area contributed by atoms with Gasteiger partial charge in [0.05, 0.1) is 10.6 Å². The van der Waals surface area contributed by atoms with Crippen LogP contribution in [-0.4, -0.2) is 33.8 Å².